The number of esters is 2. The van der Waals surface area contributed by atoms with Gasteiger partial charge in [0.25, 0.3) is 0 Å². The summed E-state index contributed by atoms with van der Waals surface area (Å²) in [6.45, 7) is 1.77. The molecule has 0 radical (unpaired) electrons. The molecular formula is C14H18N2O5. The number of carbonyl (C=O) groups excluding carboxylic acids is 3. The largest absolute Gasteiger partial charge is 0.465 e. The number of amides is 1. The van der Waals surface area contributed by atoms with Crippen LogP contribution in [0.5, 0.6) is 0 Å². The number of nitrogens with one attached hydrogen (secondary N) is 1. The number of hydrogen-bond donors (Lipinski definition) is 2. The molecule has 1 atom stereocenters. The highest BCUT2D eigenvalue weighted by atomic mass is 16.5. The molecule has 0 aromatic heterocycles. The van der Waals surface area contributed by atoms with Crippen LogP contribution in [0.1, 0.15) is 34.1 Å². The summed E-state index contributed by atoms with van der Waals surface area (Å²) in [5, 5.41) is 2.55. The summed E-state index contributed by atoms with van der Waals surface area (Å²) in [7, 11) is 2.44. The van der Waals surface area contributed by atoms with Crippen molar-refractivity contribution in [1.82, 2.24) is 0 Å². The van der Waals surface area contributed by atoms with Crippen LogP contribution < -0.4 is 11.1 Å². The molecule has 0 saturated carbocycles. The van der Waals surface area contributed by atoms with Crippen molar-refractivity contribution in [2.45, 2.75) is 19.4 Å². The molecule has 1 rings (SSSR count). The van der Waals surface area contributed by atoms with E-state index in [0.717, 1.165) is 0 Å². The molecule has 7 nitrogen and oxygen atoms in total. The molecule has 7 heteroatoms. The lowest BCUT2D eigenvalue weighted by Crippen LogP contribution is -2.34. The van der Waals surface area contributed by atoms with Crippen LogP contribution in [-0.4, -0.2) is 38.1 Å². The summed E-state index contributed by atoms with van der Waals surface area (Å²) in [4.78, 5) is 35.0. The average molecular weight is 294 g/mol. The Morgan fingerprint density at radius 1 is 1.10 bits per heavy atom. The van der Waals surface area contributed by atoms with Gasteiger partial charge in [0.05, 0.1) is 31.4 Å². The summed E-state index contributed by atoms with van der Waals surface area (Å²) in [5.74, 6) is -1.66. The zero-order valence-corrected chi connectivity index (χ0v) is 12.1. The van der Waals surface area contributed by atoms with E-state index in [9.17, 15) is 14.4 Å². The Morgan fingerprint density at radius 2 is 1.57 bits per heavy atom. The average Bonchev–Trinajstić information content (AvgIpc) is 2.51. The van der Waals surface area contributed by atoms with Gasteiger partial charge in [0.15, 0.2) is 0 Å². The van der Waals surface area contributed by atoms with Crippen LogP contribution in [-0.2, 0) is 14.3 Å². The van der Waals surface area contributed by atoms with E-state index in [2.05, 4.69) is 14.8 Å². The van der Waals surface area contributed by atoms with Crippen LogP contribution in [0.3, 0.4) is 0 Å². The first kappa shape index (κ1) is 16.6. The summed E-state index contributed by atoms with van der Waals surface area (Å²) >= 11 is 0. The van der Waals surface area contributed by atoms with Crippen molar-refractivity contribution in [3.05, 3.63) is 29.3 Å². The van der Waals surface area contributed by atoms with Crippen molar-refractivity contribution in [2.24, 2.45) is 5.73 Å². The highest BCUT2D eigenvalue weighted by Crippen LogP contribution is 2.17. The van der Waals surface area contributed by atoms with Gasteiger partial charge in [0, 0.05) is 5.69 Å². The van der Waals surface area contributed by atoms with Gasteiger partial charge in [0.1, 0.15) is 0 Å². The van der Waals surface area contributed by atoms with E-state index >= 15 is 0 Å². The van der Waals surface area contributed by atoms with Crippen molar-refractivity contribution in [1.29, 1.82) is 0 Å². The predicted molar refractivity (Wildman–Crippen MR) is 76.0 cm³/mol. The number of benzene rings is 1. The van der Waals surface area contributed by atoms with Crippen LogP contribution in [0.2, 0.25) is 0 Å². The Labute approximate surface area is 122 Å². The minimum Gasteiger partial charge on any atom is -0.465 e. The van der Waals surface area contributed by atoms with Crippen molar-refractivity contribution >= 4 is 23.5 Å². The maximum Gasteiger partial charge on any atom is 0.337 e. The lowest BCUT2D eigenvalue weighted by Gasteiger charge is -2.12. The third kappa shape index (κ3) is 4.28. The molecule has 1 aromatic rings. The molecule has 0 aliphatic carbocycles. The maximum absolute atomic E-state index is 11.8. The number of carbonyl (C=O) groups is 3. The van der Waals surface area contributed by atoms with Gasteiger partial charge < -0.3 is 20.5 Å². The van der Waals surface area contributed by atoms with Crippen molar-refractivity contribution in [2.75, 3.05) is 19.5 Å². The number of nitrogens with two attached hydrogens (primary N) is 1. The molecular weight excluding hydrogens is 276 g/mol. The van der Waals surface area contributed by atoms with Crippen LogP contribution in [0.4, 0.5) is 5.69 Å². The molecule has 0 aliphatic rings. The molecule has 0 bridgehead atoms. The smallest absolute Gasteiger partial charge is 0.337 e. The van der Waals surface area contributed by atoms with E-state index in [-0.39, 0.29) is 16.8 Å². The van der Waals surface area contributed by atoms with Crippen LogP contribution in [0, 0.1) is 0 Å². The molecule has 3 N–H and O–H groups in total. The second-order valence-electron chi connectivity index (χ2n) is 4.29. The predicted octanol–water partition coefficient (Wildman–Crippen LogP) is 0.936. The number of rotatable bonds is 5. The number of methoxy groups -OCH3 is 2. The van der Waals surface area contributed by atoms with E-state index in [1.807, 2.05) is 0 Å². The van der Waals surface area contributed by atoms with Crippen LogP contribution in [0.15, 0.2) is 18.2 Å². The molecule has 0 heterocycles. The minimum absolute atomic E-state index is 0.126. The fourth-order valence-electron chi connectivity index (χ4n) is 1.59. The van der Waals surface area contributed by atoms with Gasteiger partial charge in [-0.05, 0) is 24.6 Å². The quantitative estimate of drug-likeness (QED) is 0.782. The number of anilines is 1. The Hall–Kier alpha value is -2.41. The standard InChI is InChI=1S/C14H18N2O5/c1-4-11(15)12(17)16-10-6-8(13(18)20-2)5-9(7-10)14(19)21-3/h5-7,11H,4,15H2,1-3H3,(H,16,17)/t11-/m0/s1. The van der Waals surface area contributed by atoms with Gasteiger partial charge in [-0.25, -0.2) is 9.59 Å². The number of ether oxygens (including phenoxy) is 2. The second-order valence-corrected chi connectivity index (χ2v) is 4.29. The van der Waals surface area contributed by atoms with Gasteiger partial charge in [0.2, 0.25) is 5.91 Å². The molecule has 21 heavy (non-hydrogen) atoms. The van der Waals surface area contributed by atoms with E-state index in [1.165, 1.54) is 32.4 Å². The Balaban J connectivity index is 3.15. The molecule has 0 aliphatic heterocycles. The summed E-state index contributed by atoms with van der Waals surface area (Å²) in [6, 6.07) is 3.46. The van der Waals surface area contributed by atoms with Gasteiger partial charge in [-0.1, -0.05) is 6.92 Å². The van der Waals surface area contributed by atoms with Gasteiger partial charge in [-0.15, -0.1) is 0 Å². The Morgan fingerprint density at radius 3 is 1.95 bits per heavy atom. The van der Waals surface area contributed by atoms with E-state index in [4.69, 9.17) is 5.73 Å². The molecule has 114 valence electrons. The summed E-state index contributed by atoms with van der Waals surface area (Å²) in [6.07, 6.45) is 0.465. The van der Waals surface area contributed by atoms with Crippen LogP contribution >= 0.6 is 0 Å². The van der Waals surface area contributed by atoms with E-state index in [0.29, 0.717) is 6.42 Å². The fourth-order valence-corrected chi connectivity index (χ4v) is 1.59. The van der Waals surface area contributed by atoms with Gasteiger partial charge in [-0.2, -0.15) is 0 Å². The normalized spacial score (nSPS) is 11.4. The SMILES string of the molecule is CC[C@H](N)C(=O)Nc1cc(C(=O)OC)cc(C(=O)OC)c1. The first-order valence-electron chi connectivity index (χ1n) is 6.31. The monoisotopic (exact) mass is 294 g/mol. The molecule has 0 fully saturated rings. The third-order valence-electron chi connectivity index (χ3n) is 2.82. The first-order valence-corrected chi connectivity index (χ1v) is 6.31. The summed E-state index contributed by atoms with van der Waals surface area (Å²) < 4.78 is 9.21. The molecule has 1 amide bonds. The Kier molecular flexibility index (Phi) is 5.86. The lowest BCUT2D eigenvalue weighted by molar-refractivity contribution is -0.117. The van der Waals surface area contributed by atoms with Gasteiger partial charge in [-0.3, -0.25) is 4.79 Å². The Bertz CT molecular complexity index is 522. The van der Waals surface area contributed by atoms with E-state index in [1.54, 1.807) is 6.92 Å². The molecule has 0 spiro atoms. The van der Waals surface area contributed by atoms with Crippen molar-refractivity contribution in [3.63, 3.8) is 0 Å². The first-order chi connectivity index (χ1) is 9.92. The molecule has 0 saturated heterocycles. The molecule has 0 unspecified atom stereocenters. The third-order valence-corrected chi connectivity index (χ3v) is 2.82. The zero-order valence-electron chi connectivity index (χ0n) is 12.1. The fraction of sp³-hybridized carbons (Fsp3) is 0.357. The second kappa shape index (κ2) is 7.39. The highest BCUT2D eigenvalue weighted by Gasteiger charge is 2.16. The topological polar surface area (TPSA) is 108 Å². The van der Waals surface area contributed by atoms with Gasteiger partial charge >= 0.3 is 11.9 Å². The summed E-state index contributed by atoms with van der Waals surface area (Å²) in [5.41, 5.74) is 6.14. The maximum atomic E-state index is 11.8. The zero-order chi connectivity index (χ0) is 16.0. The van der Waals surface area contributed by atoms with Crippen molar-refractivity contribution in [3.8, 4) is 0 Å². The van der Waals surface area contributed by atoms with Crippen molar-refractivity contribution < 1.29 is 23.9 Å². The minimum atomic E-state index is -0.673. The van der Waals surface area contributed by atoms with Crippen LogP contribution in [0.25, 0.3) is 0 Å². The lowest BCUT2D eigenvalue weighted by atomic mass is 10.1. The van der Waals surface area contributed by atoms with E-state index < -0.39 is 23.9 Å². The molecule has 1 aromatic carbocycles. The highest BCUT2D eigenvalue weighted by molar-refractivity contribution is 6.00. The number of hydrogen-bond acceptors (Lipinski definition) is 6.